The van der Waals surface area contributed by atoms with Crippen LogP contribution in [0.25, 0.3) is 0 Å². The molecule has 0 bridgehead atoms. The smallest absolute Gasteiger partial charge is 0.408 e. The topological polar surface area (TPSA) is 86.1 Å². The van der Waals surface area contributed by atoms with Gasteiger partial charge in [0.05, 0.1) is 6.04 Å². The summed E-state index contributed by atoms with van der Waals surface area (Å²) in [6.07, 6.45) is 0.784. The lowest BCUT2D eigenvalue weighted by Gasteiger charge is -2.21. The molecule has 1 aromatic rings. The first-order valence-electron chi connectivity index (χ1n) is 5.58. The summed E-state index contributed by atoms with van der Waals surface area (Å²) >= 11 is 0. The maximum absolute atomic E-state index is 11.9. The van der Waals surface area contributed by atoms with Crippen LogP contribution in [0.2, 0.25) is 0 Å². The number of Topliss-reactive ketones (excluding diaryl/α,β-unsaturated/α-hetero) is 1. The van der Waals surface area contributed by atoms with Gasteiger partial charge in [-0.3, -0.25) is 9.48 Å². The number of aromatic nitrogens is 3. The van der Waals surface area contributed by atoms with E-state index in [1.54, 1.807) is 34.7 Å². The number of ether oxygens (including phenoxy) is 1. The van der Waals surface area contributed by atoms with Gasteiger partial charge in [0, 0.05) is 7.05 Å². The average Bonchev–Trinajstić information content (AvgIpc) is 2.60. The van der Waals surface area contributed by atoms with Crippen LogP contribution in [0.3, 0.4) is 0 Å². The van der Waals surface area contributed by atoms with Gasteiger partial charge in [-0.05, 0) is 27.7 Å². The van der Waals surface area contributed by atoms with E-state index in [1.807, 2.05) is 0 Å². The molecule has 0 fully saturated rings. The molecule has 0 aliphatic carbocycles. The van der Waals surface area contributed by atoms with Crippen molar-refractivity contribution in [2.24, 2.45) is 7.05 Å². The summed E-state index contributed by atoms with van der Waals surface area (Å²) in [7, 11) is 1.66. The van der Waals surface area contributed by atoms with Crippen LogP contribution in [-0.4, -0.2) is 38.3 Å². The molecule has 0 aromatic carbocycles. The van der Waals surface area contributed by atoms with Gasteiger partial charge in [0.15, 0.2) is 0 Å². The van der Waals surface area contributed by atoms with E-state index in [4.69, 9.17) is 4.74 Å². The van der Waals surface area contributed by atoms with Crippen molar-refractivity contribution in [1.29, 1.82) is 0 Å². The van der Waals surface area contributed by atoms with Gasteiger partial charge in [-0.15, -0.1) is 5.10 Å². The van der Waals surface area contributed by atoms with E-state index in [0.29, 0.717) is 0 Å². The maximum Gasteiger partial charge on any atom is 0.408 e. The van der Waals surface area contributed by atoms with E-state index >= 15 is 0 Å². The minimum absolute atomic E-state index is 0.0704. The number of nitrogens with one attached hydrogen (secondary N) is 1. The summed E-state index contributed by atoms with van der Waals surface area (Å²) in [5.74, 6) is -0.289. The largest absolute Gasteiger partial charge is 0.444 e. The molecule has 7 nitrogen and oxygen atoms in total. The second-order valence-corrected chi connectivity index (χ2v) is 4.97. The first kappa shape index (κ1) is 14.1. The number of aryl methyl sites for hydroxylation is 1. The van der Waals surface area contributed by atoms with E-state index in [9.17, 15) is 9.59 Å². The third kappa shape index (κ3) is 4.15. The summed E-state index contributed by atoms with van der Waals surface area (Å²) in [5.41, 5.74) is -0.601. The number of amides is 1. The molecule has 7 heteroatoms. The van der Waals surface area contributed by atoms with Crippen LogP contribution in [0.1, 0.15) is 38.3 Å². The molecule has 0 unspecified atom stereocenters. The van der Waals surface area contributed by atoms with Crippen LogP contribution in [0.5, 0.6) is 0 Å². The van der Waals surface area contributed by atoms with Gasteiger partial charge < -0.3 is 10.1 Å². The lowest BCUT2D eigenvalue weighted by Crippen LogP contribution is -2.42. The molecule has 1 aromatic heterocycles. The van der Waals surface area contributed by atoms with Crippen LogP contribution >= 0.6 is 0 Å². The molecule has 1 heterocycles. The third-order valence-electron chi connectivity index (χ3n) is 1.95. The molecule has 1 N–H and O–H groups in total. The summed E-state index contributed by atoms with van der Waals surface area (Å²) in [5, 5.41) is 6.32. The Morgan fingerprint density at radius 3 is 2.50 bits per heavy atom. The monoisotopic (exact) mass is 254 g/mol. The van der Waals surface area contributed by atoms with Crippen molar-refractivity contribution in [3.05, 3.63) is 12.2 Å². The van der Waals surface area contributed by atoms with Crippen LogP contribution in [0.4, 0.5) is 4.79 Å². The normalized spacial score (nSPS) is 12.9. The molecule has 100 valence electrons. The molecule has 0 saturated heterocycles. The number of rotatable bonds is 3. The number of hydrogen-bond donors (Lipinski definition) is 1. The highest BCUT2D eigenvalue weighted by atomic mass is 16.6. The minimum Gasteiger partial charge on any atom is -0.444 e. The van der Waals surface area contributed by atoms with Crippen molar-refractivity contribution in [3.63, 3.8) is 0 Å². The Labute approximate surface area is 106 Å². The van der Waals surface area contributed by atoms with Crippen molar-refractivity contribution < 1.29 is 14.3 Å². The van der Waals surface area contributed by atoms with E-state index in [-0.39, 0.29) is 11.6 Å². The lowest BCUT2D eigenvalue weighted by molar-refractivity contribution is 0.0496. The van der Waals surface area contributed by atoms with Crippen molar-refractivity contribution in [1.82, 2.24) is 20.1 Å². The number of alkyl carbamates (subject to hydrolysis) is 1. The van der Waals surface area contributed by atoms with Gasteiger partial charge >= 0.3 is 6.09 Å². The zero-order chi connectivity index (χ0) is 13.9. The Kier molecular flexibility index (Phi) is 4.05. The zero-order valence-electron chi connectivity index (χ0n) is 11.2. The molecule has 1 rings (SSSR count). The summed E-state index contributed by atoms with van der Waals surface area (Å²) in [4.78, 5) is 27.2. The lowest BCUT2D eigenvalue weighted by atomic mass is 10.2. The molecule has 0 aliphatic rings. The van der Waals surface area contributed by atoms with Gasteiger partial charge in [-0.2, -0.15) is 0 Å². The zero-order valence-corrected chi connectivity index (χ0v) is 11.2. The highest BCUT2D eigenvalue weighted by Gasteiger charge is 2.23. The standard InChI is InChI=1S/C11H18N4O3/c1-7(13-10(17)18-11(2,3)4)8(16)9-12-6-15(5)14-9/h6-7H,1-5H3,(H,13,17)/t7-/m1/s1. The Bertz CT molecular complexity index is 447. The van der Waals surface area contributed by atoms with Gasteiger partial charge in [-0.1, -0.05) is 0 Å². The fourth-order valence-corrected chi connectivity index (χ4v) is 1.20. The molecule has 0 spiro atoms. The van der Waals surface area contributed by atoms with E-state index in [1.165, 1.54) is 11.0 Å². The van der Waals surface area contributed by atoms with E-state index in [0.717, 1.165) is 0 Å². The maximum atomic E-state index is 11.9. The Hall–Kier alpha value is -1.92. The molecular formula is C11H18N4O3. The number of ketones is 1. The summed E-state index contributed by atoms with van der Waals surface area (Å²) in [6.45, 7) is 6.81. The first-order valence-corrected chi connectivity index (χ1v) is 5.58. The first-order chi connectivity index (χ1) is 8.19. The molecule has 0 aliphatic heterocycles. The van der Waals surface area contributed by atoms with Gasteiger partial charge in [-0.25, -0.2) is 9.78 Å². The fraction of sp³-hybridized carbons (Fsp3) is 0.636. The van der Waals surface area contributed by atoms with Crippen LogP contribution in [0, 0.1) is 0 Å². The van der Waals surface area contributed by atoms with Gasteiger partial charge in [0.1, 0.15) is 11.9 Å². The third-order valence-corrected chi connectivity index (χ3v) is 1.95. The predicted octanol–water partition coefficient (Wildman–Crippen LogP) is 0.911. The molecule has 0 radical (unpaired) electrons. The second kappa shape index (κ2) is 5.16. The Balaban J connectivity index is 2.58. The van der Waals surface area contributed by atoms with Gasteiger partial charge in [0.25, 0.3) is 0 Å². The van der Waals surface area contributed by atoms with Crippen LogP contribution in [0.15, 0.2) is 6.33 Å². The van der Waals surface area contributed by atoms with Crippen molar-refractivity contribution in [3.8, 4) is 0 Å². The molecule has 18 heavy (non-hydrogen) atoms. The summed E-state index contributed by atoms with van der Waals surface area (Å²) < 4.78 is 6.48. The molecular weight excluding hydrogens is 236 g/mol. The Morgan fingerprint density at radius 2 is 2.06 bits per heavy atom. The number of carbonyl (C=O) groups is 2. The van der Waals surface area contributed by atoms with Crippen LogP contribution in [-0.2, 0) is 11.8 Å². The quantitative estimate of drug-likeness (QED) is 0.810. The molecule has 1 atom stereocenters. The van der Waals surface area contributed by atoms with Crippen molar-refractivity contribution >= 4 is 11.9 Å². The highest BCUT2D eigenvalue weighted by molar-refractivity contribution is 5.98. The van der Waals surface area contributed by atoms with E-state index < -0.39 is 17.7 Å². The number of hydrogen-bond acceptors (Lipinski definition) is 5. The van der Waals surface area contributed by atoms with Crippen LogP contribution < -0.4 is 5.32 Å². The SMILES string of the molecule is C[C@@H](NC(=O)OC(C)(C)C)C(=O)c1ncn(C)n1. The molecule has 1 amide bonds. The predicted molar refractivity (Wildman–Crippen MR) is 64.2 cm³/mol. The van der Waals surface area contributed by atoms with Crippen molar-refractivity contribution in [2.75, 3.05) is 0 Å². The van der Waals surface area contributed by atoms with E-state index in [2.05, 4.69) is 15.4 Å². The number of nitrogens with zero attached hydrogens (tertiary/aromatic N) is 3. The molecule has 0 saturated carbocycles. The number of carbonyl (C=O) groups excluding carboxylic acids is 2. The second-order valence-electron chi connectivity index (χ2n) is 4.97. The Morgan fingerprint density at radius 1 is 1.44 bits per heavy atom. The van der Waals surface area contributed by atoms with Crippen molar-refractivity contribution in [2.45, 2.75) is 39.3 Å². The summed E-state index contributed by atoms with van der Waals surface area (Å²) in [6, 6.07) is -0.734. The van der Waals surface area contributed by atoms with Gasteiger partial charge in [0.2, 0.25) is 11.6 Å². The minimum atomic E-state index is -0.734. The average molecular weight is 254 g/mol. The highest BCUT2D eigenvalue weighted by Crippen LogP contribution is 2.07. The fourth-order valence-electron chi connectivity index (χ4n) is 1.20.